The number of amides is 1. The lowest BCUT2D eigenvalue weighted by Gasteiger charge is -2.22. The van der Waals surface area contributed by atoms with Crippen molar-refractivity contribution in [2.45, 2.75) is 19.4 Å². The Kier molecular flexibility index (Phi) is 4.93. The molecule has 0 N–H and O–H groups in total. The second kappa shape index (κ2) is 7.30. The third-order valence-electron chi connectivity index (χ3n) is 4.07. The summed E-state index contributed by atoms with van der Waals surface area (Å²) in [4.78, 5) is 25.9. The summed E-state index contributed by atoms with van der Waals surface area (Å²) >= 11 is 0. The SMILES string of the molecule is CC1Cc2ccccc2N1C(=O)COC(=O)C=Cc1cccc(F)c1. The smallest absolute Gasteiger partial charge is 0.331 e. The molecule has 1 atom stereocenters. The van der Waals surface area contributed by atoms with E-state index in [0.29, 0.717) is 5.56 Å². The first-order valence-corrected chi connectivity index (χ1v) is 8.05. The van der Waals surface area contributed by atoms with Crippen molar-refractivity contribution >= 4 is 23.6 Å². The number of hydrogen-bond acceptors (Lipinski definition) is 3. The molecular formula is C20H18FNO3. The number of para-hydroxylation sites is 1. The molecule has 1 amide bonds. The van der Waals surface area contributed by atoms with Crippen molar-refractivity contribution in [2.24, 2.45) is 0 Å². The molecule has 2 aromatic rings. The lowest BCUT2D eigenvalue weighted by atomic mass is 10.1. The van der Waals surface area contributed by atoms with Gasteiger partial charge in [-0.25, -0.2) is 9.18 Å². The van der Waals surface area contributed by atoms with Crippen LogP contribution in [-0.4, -0.2) is 24.5 Å². The maximum Gasteiger partial charge on any atom is 0.331 e. The van der Waals surface area contributed by atoms with Crippen LogP contribution in [-0.2, 0) is 20.7 Å². The van der Waals surface area contributed by atoms with Crippen LogP contribution in [0.1, 0.15) is 18.1 Å². The van der Waals surface area contributed by atoms with Crippen molar-refractivity contribution in [3.63, 3.8) is 0 Å². The normalized spacial score (nSPS) is 16.1. The molecule has 0 radical (unpaired) electrons. The molecule has 1 aliphatic rings. The van der Waals surface area contributed by atoms with Gasteiger partial charge in [0.15, 0.2) is 6.61 Å². The average molecular weight is 339 g/mol. The highest BCUT2D eigenvalue weighted by Gasteiger charge is 2.30. The minimum atomic E-state index is -0.641. The summed E-state index contributed by atoms with van der Waals surface area (Å²) in [7, 11) is 0. The number of carbonyl (C=O) groups excluding carboxylic acids is 2. The van der Waals surface area contributed by atoms with Crippen LogP contribution in [0.4, 0.5) is 10.1 Å². The van der Waals surface area contributed by atoms with Crippen molar-refractivity contribution in [1.29, 1.82) is 0 Å². The summed E-state index contributed by atoms with van der Waals surface area (Å²) in [6.45, 7) is 1.63. The minimum Gasteiger partial charge on any atom is -0.452 e. The Hall–Kier alpha value is -2.95. The molecule has 1 heterocycles. The van der Waals surface area contributed by atoms with Crippen molar-refractivity contribution in [3.8, 4) is 0 Å². The van der Waals surface area contributed by atoms with E-state index in [1.54, 1.807) is 17.0 Å². The Morgan fingerprint density at radius 3 is 2.84 bits per heavy atom. The van der Waals surface area contributed by atoms with Gasteiger partial charge in [-0.15, -0.1) is 0 Å². The first kappa shape index (κ1) is 16.9. The van der Waals surface area contributed by atoms with Gasteiger partial charge in [0.25, 0.3) is 5.91 Å². The van der Waals surface area contributed by atoms with Crippen molar-refractivity contribution < 1.29 is 18.7 Å². The lowest BCUT2D eigenvalue weighted by molar-refractivity contribution is -0.143. The van der Waals surface area contributed by atoms with Crippen molar-refractivity contribution in [1.82, 2.24) is 0 Å². The fraction of sp³-hybridized carbons (Fsp3) is 0.200. The predicted octanol–water partition coefficient (Wildman–Crippen LogP) is 3.36. The molecule has 0 aliphatic carbocycles. The van der Waals surface area contributed by atoms with Crippen LogP contribution in [0.3, 0.4) is 0 Å². The summed E-state index contributed by atoms with van der Waals surface area (Å²) in [5.74, 6) is -1.28. The van der Waals surface area contributed by atoms with E-state index in [4.69, 9.17) is 4.74 Å². The standard InChI is InChI=1S/C20H18FNO3/c1-14-11-16-6-2-3-8-18(16)22(14)19(23)13-25-20(24)10-9-15-5-4-7-17(21)12-15/h2-10,12,14H,11,13H2,1H3. The van der Waals surface area contributed by atoms with E-state index in [9.17, 15) is 14.0 Å². The fourth-order valence-electron chi connectivity index (χ4n) is 2.97. The molecule has 128 valence electrons. The topological polar surface area (TPSA) is 46.6 Å². The molecule has 0 saturated carbocycles. The van der Waals surface area contributed by atoms with E-state index in [-0.39, 0.29) is 24.4 Å². The van der Waals surface area contributed by atoms with Crippen LogP contribution in [0.15, 0.2) is 54.6 Å². The summed E-state index contributed by atoms with van der Waals surface area (Å²) < 4.78 is 18.1. The zero-order valence-corrected chi connectivity index (χ0v) is 13.8. The van der Waals surface area contributed by atoms with Crippen LogP contribution in [0, 0.1) is 5.82 Å². The van der Waals surface area contributed by atoms with Gasteiger partial charge >= 0.3 is 5.97 Å². The number of hydrogen-bond donors (Lipinski definition) is 0. The molecular weight excluding hydrogens is 321 g/mol. The number of benzene rings is 2. The second-order valence-electron chi connectivity index (χ2n) is 5.94. The number of ether oxygens (including phenoxy) is 1. The fourth-order valence-corrected chi connectivity index (χ4v) is 2.97. The van der Waals surface area contributed by atoms with E-state index in [1.165, 1.54) is 24.3 Å². The molecule has 1 aliphatic heterocycles. The number of nitrogens with zero attached hydrogens (tertiary/aromatic N) is 1. The quantitative estimate of drug-likeness (QED) is 0.634. The third kappa shape index (κ3) is 3.94. The Balaban J connectivity index is 1.58. The molecule has 1 unspecified atom stereocenters. The molecule has 4 nitrogen and oxygen atoms in total. The van der Waals surface area contributed by atoms with Crippen LogP contribution < -0.4 is 4.90 Å². The van der Waals surface area contributed by atoms with Gasteiger partial charge in [-0.1, -0.05) is 30.3 Å². The predicted molar refractivity (Wildman–Crippen MR) is 93.5 cm³/mol. The highest BCUT2D eigenvalue weighted by Crippen LogP contribution is 2.31. The number of anilines is 1. The highest BCUT2D eigenvalue weighted by molar-refractivity contribution is 5.98. The zero-order chi connectivity index (χ0) is 17.8. The van der Waals surface area contributed by atoms with Crippen LogP contribution >= 0.6 is 0 Å². The summed E-state index contributed by atoms with van der Waals surface area (Å²) in [5, 5.41) is 0. The van der Waals surface area contributed by atoms with Gasteiger partial charge in [0.2, 0.25) is 0 Å². The zero-order valence-electron chi connectivity index (χ0n) is 13.8. The number of halogens is 1. The molecule has 0 saturated heterocycles. The Labute approximate surface area is 145 Å². The van der Waals surface area contributed by atoms with Gasteiger partial charge in [0.1, 0.15) is 5.82 Å². The van der Waals surface area contributed by atoms with Crippen LogP contribution in [0.5, 0.6) is 0 Å². The molecule has 0 fully saturated rings. The van der Waals surface area contributed by atoms with Crippen LogP contribution in [0.2, 0.25) is 0 Å². The number of carbonyl (C=O) groups is 2. The maximum atomic E-state index is 13.1. The first-order valence-electron chi connectivity index (χ1n) is 8.05. The van der Waals surface area contributed by atoms with Crippen molar-refractivity contribution in [3.05, 3.63) is 71.6 Å². The molecule has 0 spiro atoms. The van der Waals surface area contributed by atoms with E-state index in [1.807, 2.05) is 31.2 Å². The number of rotatable bonds is 4. The molecule has 5 heteroatoms. The molecule has 0 aromatic heterocycles. The monoisotopic (exact) mass is 339 g/mol. The van der Waals surface area contributed by atoms with E-state index < -0.39 is 5.97 Å². The van der Waals surface area contributed by atoms with Gasteiger partial charge in [-0.2, -0.15) is 0 Å². The Bertz CT molecular complexity index is 831. The first-order chi connectivity index (χ1) is 12.0. The van der Waals surface area contributed by atoms with Gasteiger partial charge in [0, 0.05) is 17.8 Å². The molecule has 3 rings (SSSR count). The third-order valence-corrected chi connectivity index (χ3v) is 4.07. The van der Waals surface area contributed by atoms with E-state index >= 15 is 0 Å². The summed E-state index contributed by atoms with van der Waals surface area (Å²) in [6.07, 6.45) is 3.42. The largest absolute Gasteiger partial charge is 0.452 e. The average Bonchev–Trinajstić information content (AvgIpc) is 2.93. The van der Waals surface area contributed by atoms with Gasteiger partial charge in [-0.3, -0.25) is 4.79 Å². The molecule has 2 aromatic carbocycles. The molecule has 25 heavy (non-hydrogen) atoms. The van der Waals surface area contributed by atoms with E-state index in [2.05, 4.69) is 0 Å². The molecule has 0 bridgehead atoms. The number of fused-ring (bicyclic) bond motifs is 1. The highest BCUT2D eigenvalue weighted by atomic mass is 19.1. The van der Waals surface area contributed by atoms with Gasteiger partial charge in [0.05, 0.1) is 0 Å². The Morgan fingerprint density at radius 1 is 1.24 bits per heavy atom. The second-order valence-corrected chi connectivity index (χ2v) is 5.94. The van der Waals surface area contributed by atoms with Crippen LogP contribution in [0.25, 0.3) is 6.08 Å². The summed E-state index contributed by atoms with van der Waals surface area (Å²) in [5.41, 5.74) is 2.53. The van der Waals surface area contributed by atoms with E-state index in [0.717, 1.165) is 17.7 Å². The van der Waals surface area contributed by atoms with Gasteiger partial charge < -0.3 is 9.64 Å². The Morgan fingerprint density at radius 2 is 2.04 bits per heavy atom. The summed E-state index contributed by atoms with van der Waals surface area (Å²) in [6, 6.07) is 13.6. The number of esters is 1. The maximum absolute atomic E-state index is 13.1. The lowest BCUT2D eigenvalue weighted by Crippen LogP contribution is -2.38. The van der Waals surface area contributed by atoms with Crippen molar-refractivity contribution in [2.75, 3.05) is 11.5 Å². The van der Waals surface area contributed by atoms with Gasteiger partial charge in [-0.05, 0) is 48.7 Å². The minimum absolute atomic E-state index is 0.0337.